The van der Waals surface area contributed by atoms with Crippen molar-refractivity contribution < 1.29 is 18.7 Å². The Morgan fingerprint density at radius 1 is 0.909 bits per heavy atom. The molecule has 1 aromatic heterocycles. The van der Waals surface area contributed by atoms with Gasteiger partial charge in [0.1, 0.15) is 11.6 Å². The molecular formula is C25H17ClFN3O3. The van der Waals surface area contributed by atoms with Crippen molar-refractivity contribution in [3.05, 3.63) is 113 Å². The van der Waals surface area contributed by atoms with Crippen molar-refractivity contribution in [3.63, 3.8) is 0 Å². The zero-order chi connectivity index (χ0) is 23.4. The first-order valence-corrected chi connectivity index (χ1v) is 10.2. The number of esters is 1. The van der Waals surface area contributed by atoms with E-state index >= 15 is 0 Å². The summed E-state index contributed by atoms with van der Waals surface area (Å²) in [6.45, 7) is 0. The molecule has 0 fully saturated rings. The van der Waals surface area contributed by atoms with Gasteiger partial charge < -0.3 is 9.64 Å². The normalized spacial score (nSPS) is 10.5. The molecule has 0 N–H and O–H groups in total. The maximum atomic E-state index is 14.4. The van der Waals surface area contributed by atoms with Crippen LogP contribution in [-0.4, -0.2) is 28.8 Å². The molecule has 0 aliphatic rings. The highest BCUT2D eigenvalue weighted by atomic mass is 35.5. The Hall–Kier alpha value is -4.10. The zero-order valence-corrected chi connectivity index (χ0v) is 18.2. The summed E-state index contributed by atoms with van der Waals surface area (Å²) in [6.07, 6.45) is 2.93. The van der Waals surface area contributed by atoms with Gasteiger partial charge in [-0.05, 0) is 54.6 Å². The van der Waals surface area contributed by atoms with Crippen LogP contribution in [0.1, 0.15) is 26.5 Å². The summed E-state index contributed by atoms with van der Waals surface area (Å²) < 4.78 is 19.7. The number of ketones is 1. The molecule has 4 aromatic rings. The van der Waals surface area contributed by atoms with E-state index in [0.717, 1.165) is 17.8 Å². The first kappa shape index (κ1) is 22.1. The predicted molar refractivity (Wildman–Crippen MR) is 123 cm³/mol. The topological polar surface area (TPSA) is 72.4 Å². The molecule has 4 rings (SSSR count). The monoisotopic (exact) mass is 461 g/mol. The van der Waals surface area contributed by atoms with E-state index in [2.05, 4.69) is 9.97 Å². The van der Waals surface area contributed by atoms with Crippen LogP contribution < -0.4 is 9.64 Å². The highest BCUT2D eigenvalue weighted by Gasteiger charge is 2.19. The minimum Gasteiger partial charge on any atom is -0.423 e. The average molecular weight is 462 g/mol. The molecule has 0 aliphatic heterocycles. The summed E-state index contributed by atoms with van der Waals surface area (Å²) in [4.78, 5) is 35.1. The molecule has 0 amide bonds. The van der Waals surface area contributed by atoms with Crippen molar-refractivity contribution in [3.8, 4) is 5.75 Å². The van der Waals surface area contributed by atoms with E-state index in [1.807, 2.05) is 24.1 Å². The zero-order valence-electron chi connectivity index (χ0n) is 17.4. The molecule has 0 radical (unpaired) electrons. The lowest BCUT2D eigenvalue weighted by atomic mass is 10.1. The van der Waals surface area contributed by atoms with Crippen molar-refractivity contribution in [2.24, 2.45) is 0 Å². The SMILES string of the molecule is CN(c1ccc(Cl)cc1)c1cnc(C(=O)c2cc(OC(=O)c3ccccc3)ccc2F)nc1. The van der Waals surface area contributed by atoms with Crippen LogP contribution in [0.4, 0.5) is 15.8 Å². The van der Waals surface area contributed by atoms with Crippen molar-refractivity contribution in [1.82, 2.24) is 9.97 Å². The van der Waals surface area contributed by atoms with Crippen LogP contribution in [0.5, 0.6) is 5.75 Å². The van der Waals surface area contributed by atoms with Crippen LogP contribution in [0, 0.1) is 5.82 Å². The quantitative estimate of drug-likeness (QED) is 0.215. The van der Waals surface area contributed by atoms with Gasteiger partial charge in [-0.25, -0.2) is 19.2 Å². The second kappa shape index (κ2) is 9.58. The largest absolute Gasteiger partial charge is 0.423 e. The Morgan fingerprint density at radius 2 is 1.58 bits per heavy atom. The van der Waals surface area contributed by atoms with Crippen LogP contribution in [0.15, 0.2) is 85.2 Å². The molecule has 3 aromatic carbocycles. The molecule has 164 valence electrons. The molecule has 0 bridgehead atoms. The fourth-order valence-electron chi connectivity index (χ4n) is 3.03. The average Bonchev–Trinajstić information content (AvgIpc) is 2.85. The molecule has 1 heterocycles. The van der Waals surface area contributed by atoms with Gasteiger partial charge in [0.15, 0.2) is 0 Å². The molecule has 8 heteroatoms. The Balaban J connectivity index is 1.53. The van der Waals surface area contributed by atoms with Crippen molar-refractivity contribution in [1.29, 1.82) is 0 Å². The molecule has 33 heavy (non-hydrogen) atoms. The lowest BCUT2D eigenvalue weighted by molar-refractivity contribution is 0.0733. The standard InChI is InChI=1S/C25H17ClFN3O3/c1-30(18-9-7-17(26)8-10-18)19-14-28-24(29-15-19)23(31)21-13-20(11-12-22(21)27)33-25(32)16-5-3-2-4-6-16/h2-15H,1H3. The van der Waals surface area contributed by atoms with Crippen LogP contribution in [-0.2, 0) is 0 Å². The number of hydrogen-bond acceptors (Lipinski definition) is 6. The molecule has 0 unspecified atom stereocenters. The highest BCUT2D eigenvalue weighted by Crippen LogP contribution is 2.25. The van der Waals surface area contributed by atoms with Gasteiger partial charge in [-0.15, -0.1) is 0 Å². The third-order valence-electron chi connectivity index (χ3n) is 4.85. The van der Waals surface area contributed by atoms with Gasteiger partial charge in [-0.2, -0.15) is 0 Å². The number of carbonyl (C=O) groups is 2. The molecule has 6 nitrogen and oxygen atoms in total. The van der Waals surface area contributed by atoms with E-state index in [1.54, 1.807) is 42.5 Å². The molecule has 0 spiro atoms. The van der Waals surface area contributed by atoms with Gasteiger partial charge >= 0.3 is 5.97 Å². The smallest absolute Gasteiger partial charge is 0.343 e. The third-order valence-corrected chi connectivity index (χ3v) is 5.10. The summed E-state index contributed by atoms with van der Waals surface area (Å²) in [5.41, 5.74) is 1.51. The minimum atomic E-state index is -0.773. The van der Waals surface area contributed by atoms with Crippen LogP contribution in [0.3, 0.4) is 0 Å². The number of ether oxygens (including phenoxy) is 1. The van der Waals surface area contributed by atoms with E-state index in [4.69, 9.17) is 16.3 Å². The van der Waals surface area contributed by atoms with Crippen molar-refractivity contribution in [2.45, 2.75) is 0 Å². The number of halogens is 2. The number of aromatic nitrogens is 2. The summed E-state index contributed by atoms with van der Waals surface area (Å²) in [5, 5.41) is 0.614. The fourth-order valence-corrected chi connectivity index (χ4v) is 3.15. The van der Waals surface area contributed by atoms with E-state index in [-0.39, 0.29) is 17.1 Å². The summed E-state index contributed by atoms with van der Waals surface area (Å²) in [6, 6.07) is 19.0. The molecular weight excluding hydrogens is 445 g/mol. The second-order valence-corrected chi connectivity index (χ2v) is 7.46. The van der Waals surface area contributed by atoms with Crippen molar-refractivity contribution in [2.75, 3.05) is 11.9 Å². The minimum absolute atomic E-state index is 0.0349. The summed E-state index contributed by atoms with van der Waals surface area (Å²) >= 11 is 5.92. The van der Waals surface area contributed by atoms with E-state index in [9.17, 15) is 14.0 Å². The van der Waals surface area contributed by atoms with E-state index < -0.39 is 17.6 Å². The predicted octanol–water partition coefficient (Wildman–Crippen LogP) is 5.49. The lowest BCUT2D eigenvalue weighted by Gasteiger charge is -2.18. The Bertz CT molecular complexity index is 1300. The number of rotatable bonds is 6. The molecule has 0 atom stereocenters. The van der Waals surface area contributed by atoms with Gasteiger partial charge in [0.05, 0.1) is 29.2 Å². The van der Waals surface area contributed by atoms with Crippen LogP contribution in [0.25, 0.3) is 0 Å². The summed E-state index contributed by atoms with van der Waals surface area (Å²) in [7, 11) is 1.81. The highest BCUT2D eigenvalue weighted by molar-refractivity contribution is 6.30. The molecule has 0 saturated heterocycles. The number of hydrogen-bond donors (Lipinski definition) is 0. The van der Waals surface area contributed by atoms with Gasteiger partial charge in [0, 0.05) is 17.8 Å². The lowest BCUT2D eigenvalue weighted by Crippen LogP contribution is -2.14. The Morgan fingerprint density at radius 3 is 2.24 bits per heavy atom. The fraction of sp³-hybridized carbons (Fsp3) is 0.0400. The van der Waals surface area contributed by atoms with Crippen LogP contribution in [0.2, 0.25) is 5.02 Å². The van der Waals surface area contributed by atoms with E-state index in [1.165, 1.54) is 18.5 Å². The summed E-state index contributed by atoms with van der Waals surface area (Å²) in [5.74, 6) is -2.27. The Labute approximate surface area is 194 Å². The number of carbonyl (C=O) groups excluding carboxylic acids is 2. The number of nitrogens with zero attached hydrogens (tertiary/aromatic N) is 3. The third kappa shape index (κ3) is 5.05. The second-order valence-electron chi connectivity index (χ2n) is 7.03. The van der Waals surface area contributed by atoms with Gasteiger partial charge in [-0.3, -0.25) is 4.79 Å². The Kier molecular flexibility index (Phi) is 6.42. The van der Waals surface area contributed by atoms with E-state index in [0.29, 0.717) is 16.3 Å². The van der Waals surface area contributed by atoms with Gasteiger partial charge in [-0.1, -0.05) is 29.8 Å². The maximum Gasteiger partial charge on any atom is 0.343 e. The maximum absolute atomic E-state index is 14.4. The first-order chi connectivity index (χ1) is 15.9. The number of benzene rings is 3. The van der Waals surface area contributed by atoms with Crippen molar-refractivity contribution >= 4 is 34.7 Å². The molecule has 0 aliphatic carbocycles. The van der Waals surface area contributed by atoms with Gasteiger partial charge in [0.2, 0.25) is 11.6 Å². The molecule has 0 saturated carbocycles. The first-order valence-electron chi connectivity index (χ1n) is 9.85. The van der Waals surface area contributed by atoms with Crippen LogP contribution >= 0.6 is 11.6 Å². The van der Waals surface area contributed by atoms with Gasteiger partial charge in [0.25, 0.3) is 0 Å². The number of anilines is 2.